The minimum absolute atomic E-state index is 0.314. The van der Waals surface area contributed by atoms with Crippen LogP contribution in [0.1, 0.15) is 29.2 Å². The molecule has 168 valence electrons. The van der Waals surface area contributed by atoms with Gasteiger partial charge in [0.1, 0.15) is 11.4 Å². The van der Waals surface area contributed by atoms with Gasteiger partial charge in [0.2, 0.25) is 0 Å². The third-order valence-electron chi connectivity index (χ3n) is 5.94. The van der Waals surface area contributed by atoms with E-state index in [0.29, 0.717) is 41.4 Å². The van der Waals surface area contributed by atoms with Crippen LogP contribution in [0.5, 0.6) is 5.75 Å². The Kier molecular flexibility index (Phi) is 6.31. The molecule has 3 aromatic carbocycles. The lowest BCUT2D eigenvalue weighted by Crippen LogP contribution is -2.35. The molecule has 0 radical (unpaired) electrons. The molecule has 4 rings (SSSR count). The van der Waals surface area contributed by atoms with Gasteiger partial charge in [-0.25, -0.2) is 4.90 Å². The largest absolute Gasteiger partial charge is 0.496 e. The number of carbonyl (C=O) groups is 2. The molecule has 1 aliphatic rings. The first-order valence-corrected chi connectivity index (χ1v) is 11.1. The molecule has 0 unspecified atom stereocenters. The quantitative estimate of drug-likeness (QED) is 0.479. The summed E-state index contributed by atoms with van der Waals surface area (Å²) in [7, 11) is 1.57. The number of hydrogen-bond donors (Lipinski definition) is 0. The number of benzene rings is 3. The van der Waals surface area contributed by atoms with E-state index >= 15 is 0 Å². The Labute approximate surface area is 194 Å². The van der Waals surface area contributed by atoms with Crippen LogP contribution in [0.2, 0.25) is 0 Å². The first-order chi connectivity index (χ1) is 16.0. The lowest BCUT2D eigenvalue weighted by atomic mass is 10.0. The Morgan fingerprint density at radius 1 is 0.879 bits per heavy atom. The zero-order chi connectivity index (χ0) is 23.5. The highest BCUT2D eigenvalue weighted by molar-refractivity contribution is 6.45. The molecule has 0 saturated heterocycles. The summed E-state index contributed by atoms with van der Waals surface area (Å²) in [4.78, 5) is 31.0. The fraction of sp³-hybridized carbons (Fsp3) is 0.214. The SMILES string of the molecule is CCN(Cc1ccccc1)C1=C(c2ccccc2OC)C(=O)N(c2ccc(C)cc2C)C1=O. The van der Waals surface area contributed by atoms with Crippen LogP contribution in [0.4, 0.5) is 5.69 Å². The molecule has 5 nitrogen and oxygen atoms in total. The van der Waals surface area contributed by atoms with Gasteiger partial charge in [0.05, 0.1) is 18.4 Å². The summed E-state index contributed by atoms with van der Waals surface area (Å²) in [6.07, 6.45) is 0. The van der Waals surface area contributed by atoms with Crippen LogP contribution < -0.4 is 9.64 Å². The molecule has 0 atom stereocenters. The fourth-order valence-electron chi connectivity index (χ4n) is 4.33. The molecule has 0 aromatic heterocycles. The number of para-hydroxylation sites is 1. The van der Waals surface area contributed by atoms with Crippen molar-refractivity contribution >= 4 is 23.1 Å². The summed E-state index contributed by atoms with van der Waals surface area (Å²) < 4.78 is 5.57. The second kappa shape index (κ2) is 9.33. The first kappa shape index (κ1) is 22.3. The smallest absolute Gasteiger partial charge is 0.282 e. The summed E-state index contributed by atoms with van der Waals surface area (Å²) >= 11 is 0. The topological polar surface area (TPSA) is 49.9 Å². The third kappa shape index (κ3) is 4.14. The summed E-state index contributed by atoms with van der Waals surface area (Å²) in [6, 6.07) is 23.1. The van der Waals surface area contributed by atoms with Crippen molar-refractivity contribution in [3.63, 3.8) is 0 Å². The number of amides is 2. The van der Waals surface area contributed by atoms with Crippen LogP contribution in [0.15, 0.2) is 78.5 Å². The number of anilines is 1. The molecule has 2 amide bonds. The highest BCUT2D eigenvalue weighted by Crippen LogP contribution is 2.39. The van der Waals surface area contributed by atoms with Crippen LogP contribution in [-0.4, -0.2) is 30.4 Å². The molecular weight excluding hydrogens is 412 g/mol. The minimum Gasteiger partial charge on any atom is -0.496 e. The second-order valence-electron chi connectivity index (χ2n) is 8.16. The van der Waals surface area contributed by atoms with Gasteiger partial charge in [-0.15, -0.1) is 0 Å². The number of methoxy groups -OCH3 is 1. The Hall–Kier alpha value is -3.86. The normalized spacial score (nSPS) is 13.6. The summed E-state index contributed by atoms with van der Waals surface area (Å²) in [5, 5.41) is 0. The van der Waals surface area contributed by atoms with Gasteiger partial charge >= 0.3 is 0 Å². The van der Waals surface area contributed by atoms with Gasteiger partial charge in [-0.2, -0.15) is 0 Å². The third-order valence-corrected chi connectivity index (χ3v) is 5.94. The molecule has 3 aromatic rings. The Bertz CT molecular complexity index is 1230. The van der Waals surface area contributed by atoms with Gasteiger partial charge in [-0.1, -0.05) is 66.2 Å². The zero-order valence-corrected chi connectivity index (χ0v) is 19.5. The van der Waals surface area contributed by atoms with Crippen molar-refractivity contribution in [2.75, 3.05) is 18.6 Å². The number of ether oxygens (including phenoxy) is 1. The lowest BCUT2D eigenvalue weighted by molar-refractivity contribution is -0.120. The second-order valence-corrected chi connectivity index (χ2v) is 8.16. The zero-order valence-electron chi connectivity index (χ0n) is 19.5. The van der Waals surface area contributed by atoms with Gasteiger partial charge in [0.25, 0.3) is 11.8 Å². The number of imide groups is 1. The number of aryl methyl sites for hydroxylation is 2. The molecule has 33 heavy (non-hydrogen) atoms. The average molecular weight is 441 g/mol. The van der Waals surface area contributed by atoms with E-state index in [9.17, 15) is 9.59 Å². The van der Waals surface area contributed by atoms with E-state index < -0.39 is 0 Å². The molecule has 1 heterocycles. The van der Waals surface area contributed by atoms with E-state index in [0.717, 1.165) is 16.7 Å². The van der Waals surface area contributed by atoms with Crippen LogP contribution in [0.3, 0.4) is 0 Å². The van der Waals surface area contributed by atoms with Crippen molar-refractivity contribution in [2.45, 2.75) is 27.3 Å². The maximum atomic E-state index is 13.9. The van der Waals surface area contributed by atoms with Crippen molar-refractivity contribution in [1.82, 2.24) is 4.90 Å². The number of rotatable bonds is 7. The van der Waals surface area contributed by atoms with Crippen LogP contribution in [-0.2, 0) is 16.1 Å². The van der Waals surface area contributed by atoms with Crippen LogP contribution >= 0.6 is 0 Å². The number of nitrogens with zero attached hydrogens (tertiary/aromatic N) is 2. The van der Waals surface area contributed by atoms with Gasteiger partial charge in [-0.05, 0) is 44.0 Å². The Balaban J connectivity index is 1.89. The monoisotopic (exact) mass is 440 g/mol. The molecule has 0 N–H and O–H groups in total. The summed E-state index contributed by atoms with van der Waals surface area (Å²) in [6.45, 7) is 7.00. The maximum Gasteiger partial charge on any atom is 0.282 e. The Morgan fingerprint density at radius 3 is 2.24 bits per heavy atom. The van der Waals surface area contributed by atoms with Crippen molar-refractivity contribution in [2.24, 2.45) is 0 Å². The van der Waals surface area contributed by atoms with E-state index in [1.54, 1.807) is 7.11 Å². The number of likely N-dealkylation sites (N-methyl/N-ethyl adjacent to an activating group) is 1. The standard InChI is InChI=1S/C28H28N2O3/c1-5-29(18-21-11-7-6-8-12-21)26-25(22-13-9-10-14-24(22)33-4)27(31)30(28(26)32)23-16-15-19(2)17-20(23)3/h6-17H,5,18H2,1-4H3. The van der Waals surface area contributed by atoms with Gasteiger partial charge in [-0.3, -0.25) is 9.59 Å². The van der Waals surface area contributed by atoms with Crippen molar-refractivity contribution in [3.05, 3.63) is 101 Å². The van der Waals surface area contributed by atoms with Gasteiger partial charge in [0, 0.05) is 18.7 Å². The maximum absolute atomic E-state index is 13.9. The lowest BCUT2D eigenvalue weighted by Gasteiger charge is -2.25. The molecule has 0 saturated carbocycles. The molecular formula is C28H28N2O3. The van der Waals surface area contributed by atoms with Crippen molar-refractivity contribution in [1.29, 1.82) is 0 Å². The van der Waals surface area contributed by atoms with Crippen molar-refractivity contribution < 1.29 is 14.3 Å². The predicted molar refractivity (Wildman–Crippen MR) is 131 cm³/mol. The van der Waals surface area contributed by atoms with E-state index in [2.05, 4.69) is 0 Å². The predicted octanol–water partition coefficient (Wildman–Crippen LogP) is 5.12. The molecule has 0 bridgehead atoms. The van der Waals surface area contributed by atoms with Gasteiger partial charge in [0.15, 0.2) is 0 Å². The molecule has 5 heteroatoms. The number of carbonyl (C=O) groups excluding carboxylic acids is 2. The molecule has 1 aliphatic heterocycles. The highest BCUT2D eigenvalue weighted by Gasteiger charge is 2.43. The van der Waals surface area contributed by atoms with Crippen molar-refractivity contribution in [3.8, 4) is 5.75 Å². The molecule has 0 spiro atoms. The number of hydrogen-bond acceptors (Lipinski definition) is 4. The average Bonchev–Trinajstić information content (AvgIpc) is 3.08. The minimum atomic E-state index is -0.335. The van der Waals surface area contributed by atoms with E-state index in [1.807, 2.05) is 98.5 Å². The first-order valence-electron chi connectivity index (χ1n) is 11.1. The highest BCUT2D eigenvalue weighted by atomic mass is 16.5. The van der Waals surface area contributed by atoms with E-state index in [1.165, 1.54) is 4.90 Å². The summed E-state index contributed by atoms with van der Waals surface area (Å²) in [5.74, 6) is -0.0898. The summed E-state index contributed by atoms with van der Waals surface area (Å²) in [5.41, 5.74) is 5.01. The van der Waals surface area contributed by atoms with E-state index in [4.69, 9.17) is 4.74 Å². The van der Waals surface area contributed by atoms with Crippen LogP contribution in [0, 0.1) is 13.8 Å². The van der Waals surface area contributed by atoms with Crippen LogP contribution in [0.25, 0.3) is 5.57 Å². The molecule has 0 fully saturated rings. The Morgan fingerprint density at radius 2 is 1.58 bits per heavy atom. The van der Waals surface area contributed by atoms with E-state index in [-0.39, 0.29) is 11.8 Å². The van der Waals surface area contributed by atoms with Gasteiger partial charge < -0.3 is 9.64 Å². The fourth-order valence-corrected chi connectivity index (χ4v) is 4.33. The molecule has 0 aliphatic carbocycles.